The molecule has 0 aliphatic carbocycles. The molecule has 1 fully saturated rings. The fraction of sp³-hybridized carbons (Fsp3) is 0.909. The van der Waals surface area contributed by atoms with Crippen LogP contribution in [0.1, 0.15) is 19.8 Å². The molecule has 0 aromatic rings. The van der Waals surface area contributed by atoms with Gasteiger partial charge in [0, 0.05) is 39.1 Å². The van der Waals surface area contributed by atoms with Crippen LogP contribution in [0.15, 0.2) is 0 Å². The lowest BCUT2D eigenvalue weighted by Gasteiger charge is -2.35. The first kappa shape index (κ1) is 13.4. The highest BCUT2D eigenvalue weighted by Crippen LogP contribution is 2.21. The Morgan fingerprint density at radius 3 is 2.56 bits per heavy atom. The van der Waals surface area contributed by atoms with Crippen molar-refractivity contribution in [1.29, 1.82) is 0 Å². The molecule has 1 heterocycles. The van der Waals surface area contributed by atoms with Crippen molar-refractivity contribution in [2.24, 2.45) is 5.92 Å². The molecule has 0 aromatic heterocycles. The zero-order valence-electron chi connectivity index (χ0n) is 9.98. The van der Waals surface area contributed by atoms with Gasteiger partial charge in [-0.3, -0.25) is 4.79 Å². The van der Waals surface area contributed by atoms with Crippen LogP contribution in [0.25, 0.3) is 0 Å². The first-order valence-electron chi connectivity index (χ1n) is 5.64. The van der Waals surface area contributed by atoms with E-state index in [1.165, 1.54) is 0 Å². The second-order valence-corrected chi connectivity index (χ2v) is 4.77. The van der Waals surface area contributed by atoms with E-state index in [-0.39, 0.29) is 0 Å². The van der Waals surface area contributed by atoms with Crippen LogP contribution in [0.5, 0.6) is 0 Å². The van der Waals surface area contributed by atoms with Crippen LogP contribution in [0.2, 0.25) is 0 Å². The topological polar surface area (TPSA) is 70.0 Å². The van der Waals surface area contributed by atoms with Crippen molar-refractivity contribution >= 4 is 5.97 Å². The van der Waals surface area contributed by atoms with Crippen molar-refractivity contribution in [1.82, 2.24) is 4.90 Å². The van der Waals surface area contributed by atoms with Crippen LogP contribution in [-0.2, 0) is 9.53 Å². The summed E-state index contributed by atoms with van der Waals surface area (Å²) in [6.45, 7) is 3.80. The lowest BCUT2D eigenvalue weighted by atomic mass is 9.93. The summed E-state index contributed by atoms with van der Waals surface area (Å²) >= 11 is 0. The third-order valence-electron chi connectivity index (χ3n) is 2.99. The molecule has 16 heavy (non-hydrogen) atoms. The van der Waals surface area contributed by atoms with Gasteiger partial charge in [0.2, 0.25) is 0 Å². The number of carbonyl (C=O) groups is 1. The highest BCUT2D eigenvalue weighted by molar-refractivity contribution is 5.69. The van der Waals surface area contributed by atoms with Gasteiger partial charge in [-0.15, -0.1) is 0 Å². The molecule has 1 atom stereocenters. The minimum atomic E-state index is -0.800. The molecule has 1 aliphatic rings. The molecule has 1 rings (SSSR count). The van der Waals surface area contributed by atoms with E-state index in [0.29, 0.717) is 39.1 Å². The Hall–Kier alpha value is -0.650. The van der Waals surface area contributed by atoms with E-state index in [1.807, 2.05) is 11.9 Å². The summed E-state index contributed by atoms with van der Waals surface area (Å²) < 4.78 is 5.19. The molecule has 0 amide bonds. The van der Waals surface area contributed by atoms with E-state index >= 15 is 0 Å². The van der Waals surface area contributed by atoms with Crippen LogP contribution in [0.4, 0.5) is 0 Å². The van der Waals surface area contributed by atoms with E-state index < -0.39 is 17.5 Å². The van der Waals surface area contributed by atoms with Crippen molar-refractivity contribution in [3.05, 3.63) is 0 Å². The third-order valence-corrected chi connectivity index (χ3v) is 2.99. The number of aliphatic hydroxyl groups is 1. The standard InChI is InChI=1S/C11H21NO4/c1-9(10(13)14)7-12(2)8-11(15)3-5-16-6-4-11/h9,15H,3-8H2,1-2H3,(H,13,14). The lowest BCUT2D eigenvalue weighted by molar-refractivity contribution is -0.142. The van der Waals surface area contributed by atoms with Crippen molar-refractivity contribution in [2.75, 3.05) is 33.4 Å². The van der Waals surface area contributed by atoms with Crippen LogP contribution >= 0.6 is 0 Å². The van der Waals surface area contributed by atoms with Crippen LogP contribution in [-0.4, -0.2) is 60.0 Å². The second-order valence-electron chi connectivity index (χ2n) is 4.77. The molecular formula is C11H21NO4. The SMILES string of the molecule is CC(CN(C)CC1(O)CCOCC1)C(=O)O. The van der Waals surface area contributed by atoms with Gasteiger partial charge < -0.3 is 19.8 Å². The Balaban J connectivity index is 2.37. The minimum absolute atomic E-state index is 0.409. The third kappa shape index (κ3) is 4.08. The normalized spacial score (nSPS) is 22.0. The van der Waals surface area contributed by atoms with Gasteiger partial charge in [-0.25, -0.2) is 0 Å². The Bertz CT molecular complexity index is 238. The monoisotopic (exact) mass is 231 g/mol. The summed E-state index contributed by atoms with van der Waals surface area (Å²) in [6, 6.07) is 0. The molecule has 5 heteroatoms. The van der Waals surface area contributed by atoms with E-state index in [9.17, 15) is 9.90 Å². The Morgan fingerprint density at radius 1 is 1.50 bits per heavy atom. The number of carboxylic acid groups (broad SMARTS) is 1. The fourth-order valence-corrected chi connectivity index (χ4v) is 2.02. The molecule has 94 valence electrons. The second kappa shape index (κ2) is 5.61. The zero-order valence-corrected chi connectivity index (χ0v) is 9.98. The Kier molecular flexibility index (Phi) is 4.70. The number of rotatable bonds is 5. The fourth-order valence-electron chi connectivity index (χ4n) is 2.02. The van der Waals surface area contributed by atoms with Crippen molar-refractivity contribution < 1.29 is 19.7 Å². The molecule has 0 bridgehead atoms. The number of hydrogen-bond donors (Lipinski definition) is 2. The minimum Gasteiger partial charge on any atom is -0.481 e. The molecule has 1 aliphatic heterocycles. The van der Waals surface area contributed by atoms with Gasteiger partial charge >= 0.3 is 5.97 Å². The molecular weight excluding hydrogens is 210 g/mol. The Labute approximate surface area is 96.0 Å². The summed E-state index contributed by atoms with van der Waals surface area (Å²) in [5.74, 6) is -1.21. The smallest absolute Gasteiger partial charge is 0.307 e. The summed E-state index contributed by atoms with van der Waals surface area (Å²) in [6.07, 6.45) is 1.25. The number of ether oxygens (including phenoxy) is 1. The summed E-state index contributed by atoms with van der Waals surface area (Å²) in [4.78, 5) is 12.6. The van der Waals surface area contributed by atoms with E-state index in [0.717, 1.165) is 0 Å². The van der Waals surface area contributed by atoms with Crippen molar-refractivity contribution in [2.45, 2.75) is 25.4 Å². The molecule has 0 spiro atoms. The maximum absolute atomic E-state index is 10.7. The first-order valence-corrected chi connectivity index (χ1v) is 5.64. The zero-order chi connectivity index (χ0) is 12.2. The van der Waals surface area contributed by atoms with Crippen molar-refractivity contribution in [3.8, 4) is 0 Å². The molecule has 0 saturated carbocycles. The summed E-state index contributed by atoms with van der Waals surface area (Å²) in [5, 5.41) is 19.0. The molecule has 2 N–H and O–H groups in total. The predicted molar refractivity (Wildman–Crippen MR) is 59.3 cm³/mol. The first-order chi connectivity index (χ1) is 7.43. The quantitative estimate of drug-likeness (QED) is 0.706. The van der Waals surface area contributed by atoms with Gasteiger partial charge in [-0.1, -0.05) is 6.92 Å². The van der Waals surface area contributed by atoms with Crippen LogP contribution < -0.4 is 0 Å². The molecule has 0 radical (unpaired) electrons. The average Bonchev–Trinajstić information content (AvgIpc) is 2.17. The van der Waals surface area contributed by atoms with E-state index in [4.69, 9.17) is 9.84 Å². The average molecular weight is 231 g/mol. The molecule has 1 unspecified atom stereocenters. The highest BCUT2D eigenvalue weighted by Gasteiger charge is 2.31. The largest absolute Gasteiger partial charge is 0.481 e. The lowest BCUT2D eigenvalue weighted by Crippen LogP contribution is -2.47. The molecule has 0 aromatic carbocycles. The number of aliphatic carboxylic acids is 1. The molecule has 1 saturated heterocycles. The van der Waals surface area contributed by atoms with Gasteiger partial charge in [-0.2, -0.15) is 0 Å². The Morgan fingerprint density at radius 2 is 2.06 bits per heavy atom. The number of hydrogen-bond acceptors (Lipinski definition) is 4. The summed E-state index contributed by atoms with van der Waals surface area (Å²) in [5.41, 5.74) is -0.717. The van der Waals surface area contributed by atoms with Gasteiger partial charge in [0.15, 0.2) is 0 Å². The predicted octanol–water partition coefficient (Wildman–Crippen LogP) is 0.180. The van der Waals surface area contributed by atoms with E-state index in [2.05, 4.69) is 0 Å². The van der Waals surface area contributed by atoms with Gasteiger partial charge in [-0.05, 0) is 7.05 Å². The van der Waals surface area contributed by atoms with Gasteiger partial charge in [0.25, 0.3) is 0 Å². The van der Waals surface area contributed by atoms with Gasteiger partial charge in [0.1, 0.15) is 0 Å². The highest BCUT2D eigenvalue weighted by atomic mass is 16.5. The van der Waals surface area contributed by atoms with Crippen molar-refractivity contribution in [3.63, 3.8) is 0 Å². The van der Waals surface area contributed by atoms with Crippen LogP contribution in [0.3, 0.4) is 0 Å². The maximum Gasteiger partial charge on any atom is 0.307 e. The number of nitrogens with zero attached hydrogens (tertiary/aromatic N) is 1. The van der Waals surface area contributed by atoms with E-state index in [1.54, 1.807) is 6.92 Å². The molecule has 5 nitrogen and oxygen atoms in total. The van der Waals surface area contributed by atoms with Crippen LogP contribution in [0, 0.1) is 5.92 Å². The number of likely N-dealkylation sites (N-methyl/N-ethyl adjacent to an activating group) is 1. The summed E-state index contributed by atoms with van der Waals surface area (Å²) in [7, 11) is 1.84. The number of carboxylic acids is 1. The maximum atomic E-state index is 10.7. The van der Waals surface area contributed by atoms with Gasteiger partial charge in [0.05, 0.1) is 11.5 Å².